The van der Waals surface area contributed by atoms with Gasteiger partial charge in [0.2, 0.25) is 0 Å². The molecule has 0 aliphatic carbocycles. The van der Waals surface area contributed by atoms with E-state index in [9.17, 15) is 14.9 Å². The van der Waals surface area contributed by atoms with Crippen LogP contribution >= 0.6 is 11.6 Å². The Balaban J connectivity index is 1.78. The zero-order valence-corrected chi connectivity index (χ0v) is 16.7. The molecule has 0 bridgehead atoms. The van der Waals surface area contributed by atoms with Gasteiger partial charge in [-0.2, -0.15) is 14.9 Å². The Morgan fingerprint density at radius 2 is 2.07 bits per heavy atom. The van der Waals surface area contributed by atoms with Gasteiger partial charge in [0.05, 0.1) is 29.6 Å². The van der Waals surface area contributed by atoms with E-state index in [1.807, 2.05) is 13.0 Å². The van der Waals surface area contributed by atoms with E-state index in [-0.39, 0.29) is 22.1 Å². The zero-order chi connectivity index (χ0) is 21.5. The Kier molecular flexibility index (Phi) is 6.76. The fraction of sp³-hybridized carbons (Fsp3) is 0.150. The molecular weight excluding hydrogens is 410 g/mol. The van der Waals surface area contributed by atoms with Gasteiger partial charge in [-0.15, -0.1) is 0 Å². The van der Waals surface area contributed by atoms with Crippen LogP contribution in [0.5, 0.6) is 5.75 Å². The summed E-state index contributed by atoms with van der Waals surface area (Å²) in [6.07, 6.45) is 3.48. The van der Waals surface area contributed by atoms with Crippen molar-refractivity contribution < 1.29 is 9.66 Å². The summed E-state index contributed by atoms with van der Waals surface area (Å²) in [6, 6.07) is 13.4. The molecule has 0 saturated carbocycles. The quantitative estimate of drug-likeness (QED) is 0.330. The van der Waals surface area contributed by atoms with Crippen LogP contribution in [-0.2, 0) is 0 Å². The minimum absolute atomic E-state index is 0.0831. The van der Waals surface area contributed by atoms with Crippen LogP contribution in [0.4, 0.5) is 11.4 Å². The summed E-state index contributed by atoms with van der Waals surface area (Å²) in [5, 5.41) is 19.3. The van der Waals surface area contributed by atoms with Gasteiger partial charge < -0.3 is 4.74 Å². The van der Waals surface area contributed by atoms with Crippen molar-refractivity contribution in [2.75, 3.05) is 12.0 Å². The SMILES string of the molecule is CCCOc1ccc(/C=N\Nc2cnn(-c3ccccc3)c(=O)c2Cl)cc1[N+](=O)[O-]. The largest absolute Gasteiger partial charge is 0.487 e. The van der Waals surface area contributed by atoms with Crippen molar-refractivity contribution in [3.63, 3.8) is 0 Å². The van der Waals surface area contributed by atoms with Crippen LogP contribution in [-0.4, -0.2) is 27.5 Å². The second-order valence-electron chi connectivity index (χ2n) is 6.13. The van der Waals surface area contributed by atoms with Crippen LogP contribution in [0.3, 0.4) is 0 Å². The fourth-order valence-corrected chi connectivity index (χ4v) is 2.70. The molecule has 154 valence electrons. The highest BCUT2D eigenvalue weighted by Gasteiger charge is 2.15. The Hall–Kier alpha value is -3.72. The van der Waals surface area contributed by atoms with Crippen LogP contribution in [0.1, 0.15) is 18.9 Å². The lowest BCUT2D eigenvalue weighted by Crippen LogP contribution is -2.22. The van der Waals surface area contributed by atoms with Gasteiger partial charge in [0.15, 0.2) is 5.75 Å². The maximum absolute atomic E-state index is 12.5. The number of nitrogens with one attached hydrogen (secondary N) is 1. The van der Waals surface area contributed by atoms with Gasteiger partial charge in [0.1, 0.15) is 10.7 Å². The molecule has 0 fully saturated rings. The number of hydrogen-bond acceptors (Lipinski definition) is 7. The van der Waals surface area contributed by atoms with Crippen LogP contribution < -0.4 is 15.7 Å². The molecule has 0 atom stereocenters. The van der Waals surface area contributed by atoms with Gasteiger partial charge in [-0.25, -0.2) is 0 Å². The number of ether oxygens (including phenoxy) is 1. The van der Waals surface area contributed by atoms with Gasteiger partial charge in [0, 0.05) is 11.6 Å². The Bertz CT molecular complexity index is 1130. The third kappa shape index (κ3) is 4.81. The summed E-state index contributed by atoms with van der Waals surface area (Å²) in [5.74, 6) is 0.198. The lowest BCUT2D eigenvalue weighted by Gasteiger charge is -2.08. The molecule has 9 nitrogen and oxygen atoms in total. The van der Waals surface area contributed by atoms with Gasteiger partial charge in [-0.05, 0) is 30.7 Å². The number of anilines is 1. The summed E-state index contributed by atoms with van der Waals surface area (Å²) in [7, 11) is 0. The molecule has 1 N–H and O–H groups in total. The van der Waals surface area contributed by atoms with Crippen molar-refractivity contribution in [1.82, 2.24) is 9.78 Å². The summed E-state index contributed by atoms with van der Waals surface area (Å²) < 4.78 is 6.56. The second kappa shape index (κ2) is 9.66. The molecule has 1 aromatic heterocycles. The van der Waals surface area contributed by atoms with E-state index in [1.165, 1.54) is 29.2 Å². The standard InChI is InChI=1S/C20H18ClN5O4/c1-2-10-30-18-9-8-14(11-17(18)26(28)29)12-22-24-16-13-23-25(20(27)19(16)21)15-6-4-3-5-7-15/h3-9,11-13,24H,2,10H2,1H3/b22-12-. The lowest BCUT2D eigenvalue weighted by atomic mass is 10.2. The van der Waals surface area contributed by atoms with Crippen molar-refractivity contribution in [3.05, 3.63) is 85.8 Å². The van der Waals surface area contributed by atoms with E-state index >= 15 is 0 Å². The molecule has 30 heavy (non-hydrogen) atoms. The number of hydrazone groups is 1. The van der Waals surface area contributed by atoms with Gasteiger partial charge in [0.25, 0.3) is 5.56 Å². The third-order valence-electron chi connectivity index (χ3n) is 3.96. The average Bonchev–Trinajstić information content (AvgIpc) is 2.76. The van der Waals surface area contributed by atoms with Crippen molar-refractivity contribution in [2.45, 2.75) is 13.3 Å². The maximum Gasteiger partial charge on any atom is 0.311 e. The first-order valence-electron chi connectivity index (χ1n) is 9.05. The number of rotatable bonds is 8. The predicted octanol–water partition coefficient (Wildman–Crippen LogP) is 4.03. The third-order valence-corrected chi connectivity index (χ3v) is 4.32. The van der Waals surface area contributed by atoms with Crippen molar-refractivity contribution in [3.8, 4) is 11.4 Å². The number of nitrogens with zero attached hydrogens (tertiary/aromatic N) is 4. The van der Waals surface area contributed by atoms with Crippen molar-refractivity contribution in [1.29, 1.82) is 0 Å². The number of nitro groups is 1. The minimum Gasteiger partial charge on any atom is -0.487 e. The summed E-state index contributed by atoms with van der Waals surface area (Å²) in [4.78, 5) is 23.2. The molecule has 0 aliphatic rings. The van der Waals surface area contributed by atoms with Gasteiger partial charge in [-0.3, -0.25) is 20.3 Å². The molecule has 1 heterocycles. The van der Waals surface area contributed by atoms with E-state index in [0.29, 0.717) is 17.9 Å². The number of benzene rings is 2. The zero-order valence-electron chi connectivity index (χ0n) is 16.0. The summed E-state index contributed by atoms with van der Waals surface area (Å²) in [5.41, 5.74) is 3.24. The maximum atomic E-state index is 12.5. The van der Waals surface area contributed by atoms with Crippen LogP contribution in [0.2, 0.25) is 5.02 Å². The van der Waals surface area contributed by atoms with Crippen LogP contribution in [0, 0.1) is 10.1 Å². The molecule has 0 unspecified atom stereocenters. The molecule has 0 spiro atoms. The highest BCUT2D eigenvalue weighted by atomic mass is 35.5. The van der Waals surface area contributed by atoms with E-state index in [4.69, 9.17) is 16.3 Å². The molecule has 0 radical (unpaired) electrons. The first-order chi connectivity index (χ1) is 14.5. The molecule has 2 aromatic carbocycles. The second-order valence-corrected chi connectivity index (χ2v) is 6.51. The van der Waals surface area contributed by atoms with E-state index in [2.05, 4.69) is 15.6 Å². The number of aromatic nitrogens is 2. The van der Waals surface area contributed by atoms with E-state index in [1.54, 1.807) is 30.3 Å². The number of para-hydroxylation sites is 1. The molecule has 0 aliphatic heterocycles. The summed E-state index contributed by atoms with van der Waals surface area (Å²) >= 11 is 6.15. The van der Waals surface area contributed by atoms with Crippen LogP contribution in [0.15, 0.2) is 64.6 Å². The van der Waals surface area contributed by atoms with E-state index in [0.717, 1.165) is 6.42 Å². The Morgan fingerprint density at radius 1 is 1.30 bits per heavy atom. The summed E-state index contributed by atoms with van der Waals surface area (Å²) in [6.45, 7) is 2.30. The molecule has 0 amide bonds. The molecule has 3 rings (SSSR count). The predicted molar refractivity (Wildman–Crippen MR) is 115 cm³/mol. The van der Waals surface area contributed by atoms with Crippen molar-refractivity contribution >= 4 is 29.2 Å². The topological polar surface area (TPSA) is 112 Å². The molecular formula is C20H18ClN5O4. The highest BCUT2D eigenvalue weighted by Crippen LogP contribution is 2.27. The minimum atomic E-state index is -0.514. The number of halogens is 1. The van der Waals surface area contributed by atoms with Crippen LogP contribution in [0.25, 0.3) is 5.69 Å². The van der Waals surface area contributed by atoms with Gasteiger partial charge in [-0.1, -0.05) is 36.7 Å². The monoisotopic (exact) mass is 427 g/mol. The fourth-order valence-electron chi connectivity index (χ4n) is 2.53. The molecule has 10 heteroatoms. The van der Waals surface area contributed by atoms with Crippen molar-refractivity contribution in [2.24, 2.45) is 5.10 Å². The Morgan fingerprint density at radius 3 is 2.77 bits per heavy atom. The highest BCUT2D eigenvalue weighted by molar-refractivity contribution is 6.32. The lowest BCUT2D eigenvalue weighted by molar-refractivity contribution is -0.385. The Labute approximate surface area is 176 Å². The first kappa shape index (κ1) is 21.0. The normalized spacial score (nSPS) is 10.9. The van der Waals surface area contributed by atoms with E-state index < -0.39 is 10.5 Å². The van der Waals surface area contributed by atoms with Gasteiger partial charge >= 0.3 is 5.69 Å². The molecule has 0 saturated heterocycles. The smallest absolute Gasteiger partial charge is 0.311 e. The number of nitro benzene ring substituents is 1. The average molecular weight is 428 g/mol. The first-order valence-corrected chi connectivity index (χ1v) is 9.42. The number of hydrogen-bond donors (Lipinski definition) is 1. The molecule has 3 aromatic rings.